The van der Waals surface area contributed by atoms with E-state index in [-0.39, 0.29) is 17.8 Å². The Kier molecular flexibility index (Phi) is 5.22. The zero-order valence-electron chi connectivity index (χ0n) is 12.0. The van der Waals surface area contributed by atoms with Crippen LogP contribution in [-0.4, -0.2) is 48.2 Å². The normalized spacial score (nSPS) is 23.5. The third kappa shape index (κ3) is 4.20. The number of hydrogen-bond donors (Lipinski definition) is 0. The largest absolute Gasteiger partial charge is 0.261 e. The van der Waals surface area contributed by atoms with Crippen LogP contribution in [0.4, 0.5) is 0 Å². The van der Waals surface area contributed by atoms with E-state index in [1.807, 2.05) is 19.1 Å². The van der Waals surface area contributed by atoms with E-state index in [4.69, 9.17) is 0 Å². The van der Waals surface area contributed by atoms with Gasteiger partial charge < -0.3 is 0 Å². The molecule has 2 atom stereocenters. The lowest BCUT2D eigenvalue weighted by Gasteiger charge is -2.34. The van der Waals surface area contributed by atoms with E-state index in [0.29, 0.717) is 25.8 Å². The second-order valence-electron chi connectivity index (χ2n) is 5.25. The topological polar surface area (TPSA) is 79.7 Å². The van der Waals surface area contributed by atoms with Gasteiger partial charge in [-0.05, 0) is 31.9 Å². The number of aliphatic imine (C=N–C) groups is 1. The SMILES string of the molecule is CC1CC(N=C=O)CCN1S(=O)(=O)CCc1ccccn1. The molecule has 1 aliphatic heterocycles. The van der Waals surface area contributed by atoms with Crippen LogP contribution in [0, 0.1) is 0 Å². The fraction of sp³-hybridized carbons (Fsp3) is 0.571. The third-order valence-electron chi connectivity index (χ3n) is 3.72. The minimum absolute atomic E-state index is 0.0516. The summed E-state index contributed by atoms with van der Waals surface area (Å²) in [5.74, 6) is 0.0516. The average molecular weight is 309 g/mol. The van der Waals surface area contributed by atoms with Gasteiger partial charge in [-0.3, -0.25) is 4.98 Å². The number of sulfonamides is 1. The van der Waals surface area contributed by atoms with Gasteiger partial charge in [-0.15, -0.1) is 0 Å². The van der Waals surface area contributed by atoms with Gasteiger partial charge in [-0.1, -0.05) is 6.07 Å². The Hall–Kier alpha value is -1.56. The average Bonchev–Trinajstić information content (AvgIpc) is 2.46. The van der Waals surface area contributed by atoms with Crippen LogP contribution in [0.2, 0.25) is 0 Å². The van der Waals surface area contributed by atoms with Crippen LogP contribution in [0.15, 0.2) is 29.4 Å². The standard InChI is InChI=1S/C14H19N3O3S/c1-12-10-14(16-11-18)5-8-17(12)21(19,20)9-6-13-4-2-3-7-15-13/h2-4,7,12,14H,5-6,8-10H2,1H3. The zero-order valence-corrected chi connectivity index (χ0v) is 12.8. The van der Waals surface area contributed by atoms with E-state index in [1.54, 1.807) is 18.3 Å². The summed E-state index contributed by atoms with van der Waals surface area (Å²) in [6.45, 7) is 2.26. The van der Waals surface area contributed by atoms with Crippen molar-refractivity contribution in [1.82, 2.24) is 9.29 Å². The molecule has 1 aromatic heterocycles. The van der Waals surface area contributed by atoms with Crippen LogP contribution in [-0.2, 0) is 21.2 Å². The molecule has 21 heavy (non-hydrogen) atoms. The van der Waals surface area contributed by atoms with Gasteiger partial charge in [-0.25, -0.2) is 18.2 Å². The summed E-state index contributed by atoms with van der Waals surface area (Å²) < 4.78 is 26.4. The summed E-state index contributed by atoms with van der Waals surface area (Å²) in [6, 6.07) is 5.22. The van der Waals surface area contributed by atoms with Crippen LogP contribution < -0.4 is 0 Å². The van der Waals surface area contributed by atoms with Crippen LogP contribution >= 0.6 is 0 Å². The Balaban J connectivity index is 1.98. The first-order valence-corrected chi connectivity index (χ1v) is 8.60. The number of hydrogen-bond acceptors (Lipinski definition) is 5. The molecule has 1 aromatic rings. The van der Waals surface area contributed by atoms with Gasteiger partial charge in [0, 0.05) is 30.9 Å². The van der Waals surface area contributed by atoms with Gasteiger partial charge in [0.05, 0.1) is 11.8 Å². The Morgan fingerprint density at radius 1 is 1.48 bits per heavy atom. The van der Waals surface area contributed by atoms with Crippen molar-refractivity contribution in [1.29, 1.82) is 0 Å². The minimum Gasteiger partial charge on any atom is -0.261 e. The summed E-state index contributed by atoms with van der Waals surface area (Å²) in [6.07, 6.45) is 4.76. The van der Waals surface area contributed by atoms with Crippen LogP contribution in [0.5, 0.6) is 0 Å². The molecular weight excluding hydrogens is 290 g/mol. The quantitative estimate of drug-likeness (QED) is 0.603. The number of aromatic nitrogens is 1. The lowest BCUT2D eigenvalue weighted by Crippen LogP contribution is -2.46. The van der Waals surface area contributed by atoms with Crippen molar-refractivity contribution in [3.8, 4) is 0 Å². The molecule has 1 aliphatic rings. The molecule has 2 rings (SSSR count). The van der Waals surface area contributed by atoms with E-state index < -0.39 is 10.0 Å². The van der Waals surface area contributed by atoms with Crippen molar-refractivity contribution >= 4 is 16.1 Å². The van der Waals surface area contributed by atoms with Gasteiger partial charge in [-0.2, -0.15) is 4.31 Å². The highest BCUT2D eigenvalue weighted by Gasteiger charge is 2.33. The van der Waals surface area contributed by atoms with Crippen molar-refractivity contribution < 1.29 is 13.2 Å². The van der Waals surface area contributed by atoms with Crippen molar-refractivity contribution in [3.63, 3.8) is 0 Å². The Labute approximate surface area is 125 Å². The maximum atomic E-state index is 12.4. The Bertz CT molecular complexity index is 612. The number of pyridine rings is 1. The number of nitrogens with zero attached hydrogens (tertiary/aromatic N) is 3. The van der Waals surface area contributed by atoms with E-state index in [0.717, 1.165) is 5.69 Å². The van der Waals surface area contributed by atoms with Gasteiger partial charge in [0.15, 0.2) is 0 Å². The van der Waals surface area contributed by atoms with E-state index in [1.165, 1.54) is 4.31 Å². The van der Waals surface area contributed by atoms with Gasteiger partial charge in [0.25, 0.3) is 0 Å². The molecule has 1 saturated heterocycles. The molecule has 0 aliphatic carbocycles. The molecule has 0 N–H and O–H groups in total. The zero-order chi connectivity index (χ0) is 15.3. The highest BCUT2D eigenvalue weighted by molar-refractivity contribution is 7.89. The first kappa shape index (κ1) is 15.8. The molecule has 0 bridgehead atoms. The molecule has 0 radical (unpaired) electrons. The number of piperidine rings is 1. The number of aryl methyl sites for hydroxylation is 1. The van der Waals surface area contributed by atoms with Gasteiger partial charge in [0.2, 0.25) is 16.1 Å². The van der Waals surface area contributed by atoms with Crippen molar-refractivity contribution in [2.45, 2.75) is 38.3 Å². The fourth-order valence-electron chi connectivity index (χ4n) is 2.63. The van der Waals surface area contributed by atoms with Crippen molar-refractivity contribution in [2.24, 2.45) is 4.99 Å². The second kappa shape index (κ2) is 6.93. The number of isocyanates is 1. The van der Waals surface area contributed by atoms with Crippen molar-refractivity contribution in [3.05, 3.63) is 30.1 Å². The lowest BCUT2D eigenvalue weighted by molar-refractivity contribution is 0.248. The lowest BCUT2D eigenvalue weighted by atomic mass is 10.0. The predicted molar refractivity (Wildman–Crippen MR) is 79.0 cm³/mol. The molecule has 0 spiro atoms. The molecule has 0 amide bonds. The second-order valence-corrected chi connectivity index (χ2v) is 7.29. The molecule has 1 fully saturated rings. The van der Waals surface area contributed by atoms with E-state index in [2.05, 4.69) is 9.98 Å². The van der Waals surface area contributed by atoms with E-state index in [9.17, 15) is 13.2 Å². The molecule has 0 saturated carbocycles. The first-order valence-electron chi connectivity index (χ1n) is 6.99. The first-order chi connectivity index (χ1) is 10.0. The molecule has 6 nitrogen and oxygen atoms in total. The summed E-state index contributed by atoms with van der Waals surface area (Å²) in [5, 5.41) is 0. The van der Waals surface area contributed by atoms with Crippen LogP contribution in [0.3, 0.4) is 0 Å². The fourth-order valence-corrected chi connectivity index (χ4v) is 4.35. The third-order valence-corrected chi connectivity index (χ3v) is 5.70. The number of carbonyl (C=O) groups excluding carboxylic acids is 1. The van der Waals surface area contributed by atoms with Gasteiger partial charge >= 0.3 is 0 Å². The summed E-state index contributed by atoms with van der Waals surface area (Å²) in [5.41, 5.74) is 0.772. The maximum absolute atomic E-state index is 12.4. The van der Waals surface area contributed by atoms with Crippen LogP contribution in [0.1, 0.15) is 25.5 Å². The van der Waals surface area contributed by atoms with Crippen LogP contribution in [0.25, 0.3) is 0 Å². The molecule has 2 unspecified atom stereocenters. The molecule has 0 aromatic carbocycles. The highest BCUT2D eigenvalue weighted by Crippen LogP contribution is 2.23. The van der Waals surface area contributed by atoms with Gasteiger partial charge in [0.1, 0.15) is 0 Å². The molecule has 2 heterocycles. The van der Waals surface area contributed by atoms with E-state index >= 15 is 0 Å². The molecule has 7 heteroatoms. The van der Waals surface area contributed by atoms with Crippen molar-refractivity contribution in [2.75, 3.05) is 12.3 Å². The highest BCUT2D eigenvalue weighted by atomic mass is 32.2. The summed E-state index contributed by atoms with van der Waals surface area (Å²) in [7, 11) is -3.32. The predicted octanol–water partition coefficient (Wildman–Crippen LogP) is 1.14. The molecule has 114 valence electrons. The number of rotatable bonds is 5. The summed E-state index contributed by atoms with van der Waals surface area (Å²) in [4.78, 5) is 18.1. The molecular formula is C14H19N3O3S. The Morgan fingerprint density at radius 3 is 2.90 bits per heavy atom. The monoisotopic (exact) mass is 309 g/mol. The Morgan fingerprint density at radius 2 is 2.29 bits per heavy atom. The maximum Gasteiger partial charge on any atom is 0.235 e. The minimum atomic E-state index is -3.32. The smallest absolute Gasteiger partial charge is 0.235 e. The summed E-state index contributed by atoms with van der Waals surface area (Å²) >= 11 is 0.